The smallest absolute Gasteiger partial charge is 0.163 e. The number of halogens is 2. The minimum atomic E-state index is 0.207. The largest absolute Gasteiger partial charge is 0.490 e. The molecule has 0 aliphatic heterocycles. The Bertz CT molecular complexity index is 931. The van der Waals surface area contributed by atoms with Crippen molar-refractivity contribution in [3.63, 3.8) is 0 Å². The van der Waals surface area contributed by atoms with Crippen LogP contribution in [-0.2, 0) is 13.2 Å². The van der Waals surface area contributed by atoms with Crippen LogP contribution in [0.2, 0.25) is 10.0 Å². The van der Waals surface area contributed by atoms with E-state index in [9.17, 15) is 0 Å². The quantitative estimate of drug-likeness (QED) is 0.404. The Balaban J connectivity index is 1.72. The average molecular weight is 430 g/mol. The third-order valence-corrected chi connectivity index (χ3v) is 5.37. The van der Waals surface area contributed by atoms with Gasteiger partial charge in [0.15, 0.2) is 11.5 Å². The summed E-state index contributed by atoms with van der Waals surface area (Å²) in [5.41, 5.74) is 3.10. The third kappa shape index (κ3) is 5.89. The minimum absolute atomic E-state index is 0.207. The zero-order chi connectivity index (χ0) is 20.6. The fourth-order valence-corrected chi connectivity index (χ4v) is 3.40. The molecule has 3 aromatic carbocycles. The highest BCUT2D eigenvalue weighted by atomic mass is 35.5. The number of hydrogen-bond donors (Lipinski definition) is 1. The van der Waals surface area contributed by atoms with Gasteiger partial charge in [0.2, 0.25) is 0 Å². The van der Waals surface area contributed by atoms with Gasteiger partial charge in [0, 0.05) is 34.3 Å². The topological polar surface area (TPSA) is 30.5 Å². The van der Waals surface area contributed by atoms with Gasteiger partial charge in [-0.2, -0.15) is 0 Å². The Hall–Kier alpha value is -2.20. The van der Waals surface area contributed by atoms with E-state index in [2.05, 4.69) is 24.4 Å². The first-order valence-electron chi connectivity index (χ1n) is 9.68. The van der Waals surface area contributed by atoms with Crippen molar-refractivity contribution in [2.75, 3.05) is 6.61 Å². The number of ether oxygens (including phenoxy) is 2. The van der Waals surface area contributed by atoms with Gasteiger partial charge < -0.3 is 14.8 Å². The second-order valence-corrected chi connectivity index (χ2v) is 7.53. The van der Waals surface area contributed by atoms with Crippen molar-refractivity contribution >= 4 is 23.2 Å². The molecule has 29 heavy (non-hydrogen) atoms. The highest BCUT2D eigenvalue weighted by molar-refractivity contribution is 6.31. The minimum Gasteiger partial charge on any atom is -0.490 e. The van der Waals surface area contributed by atoms with Gasteiger partial charge in [-0.05, 0) is 37.1 Å². The van der Waals surface area contributed by atoms with E-state index in [-0.39, 0.29) is 6.04 Å². The van der Waals surface area contributed by atoms with Crippen molar-refractivity contribution in [1.82, 2.24) is 5.32 Å². The van der Waals surface area contributed by atoms with Crippen LogP contribution in [0.15, 0.2) is 66.7 Å². The molecule has 1 unspecified atom stereocenters. The van der Waals surface area contributed by atoms with Crippen molar-refractivity contribution in [2.24, 2.45) is 0 Å². The zero-order valence-corrected chi connectivity index (χ0v) is 18.1. The molecule has 0 spiro atoms. The highest BCUT2D eigenvalue weighted by Gasteiger charge is 2.13. The van der Waals surface area contributed by atoms with Gasteiger partial charge >= 0.3 is 0 Å². The van der Waals surface area contributed by atoms with E-state index >= 15 is 0 Å². The van der Waals surface area contributed by atoms with Gasteiger partial charge in [-0.25, -0.2) is 0 Å². The Kier molecular flexibility index (Phi) is 7.82. The van der Waals surface area contributed by atoms with Crippen LogP contribution >= 0.6 is 23.2 Å². The Morgan fingerprint density at radius 1 is 0.828 bits per heavy atom. The molecule has 1 N–H and O–H groups in total. The van der Waals surface area contributed by atoms with Crippen molar-refractivity contribution in [1.29, 1.82) is 0 Å². The van der Waals surface area contributed by atoms with Crippen LogP contribution in [-0.4, -0.2) is 6.61 Å². The molecule has 0 aliphatic carbocycles. The highest BCUT2D eigenvalue weighted by Crippen LogP contribution is 2.35. The molecule has 5 heteroatoms. The molecular formula is C24H25Cl2NO2. The van der Waals surface area contributed by atoms with E-state index in [1.54, 1.807) is 0 Å². The van der Waals surface area contributed by atoms with E-state index in [1.807, 2.05) is 61.5 Å². The predicted octanol–water partition coefficient (Wildman–Crippen LogP) is 6.82. The van der Waals surface area contributed by atoms with Crippen LogP contribution in [0, 0.1) is 0 Å². The molecule has 0 heterocycles. The van der Waals surface area contributed by atoms with Gasteiger partial charge in [0.1, 0.15) is 6.61 Å². The summed E-state index contributed by atoms with van der Waals surface area (Å²) in [6.45, 7) is 5.59. The molecule has 3 nitrogen and oxygen atoms in total. The molecule has 0 saturated heterocycles. The van der Waals surface area contributed by atoms with Crippen molar-refractivity contribution < 1.29 is 9.47 Å². The van der Waals surface area contributed by atoms with Gasteiger partial charge in [0.25, 0.3) is 0 Å². The summed E-state index contributed by atoms with van der Waals surface area (Å²) < 4.78 is 11.8. The molecular weight excluding hydrogens is 405 g/mol. The first-order valence-corrected chi connectivity index (χ1v) is 10.4. The fraction of sp³-hybridized carbons (Fsp3) is 0.250. The number of benzene rings is 3. The summed E-state index contributed by atoms with van der Waals surface area (Å²) in [5, 5.41) is 4.82. The van der Waals surface area contributed by atoms with E-state index < -0.39 is 0 Å². The van der Waals surface area contributed by atoms with E-state index in [1.165, 1.54) is 5.56 Å². The van der Waals surface area contributed by atoms with Gasteiger partial charge in [-0.3, -0.25) is 0 Å². The third-order valence-electron chi connectivity index (χ3n) is 4.65. The van der Waals surface area contributed by atoms with E-state index in [4.69, 9.17) is 32.7 Å². The van der Waals surface area contributed by atoms with Crippen molar-refractivity contribution in [3.05, 3.63) is 93.5 Å². The Labute approximate surface area is 182 Å². The van der Waals surface area contributed by atoms with Gasteiger partial charge in [-0.15, -0.1) is 0 Å². The SMILES string of the molecule is CCOc1cc(CNC(C)c2ccccc2)c(Cl)cc1OCc1ccccc1Cl. The Morgan fingerprint density at radius 3 is 2.24 bits per heavy atom. The molecule has 3 aromatic rings. The number of nitrogens with one attached hydrogen (secondary N) is 1. The lowest BCUT2D eigenvalue weighted by molar-refractivity contribution is 0.269. The lowest BCUT2D eigenvalue weighted by Gasteiger charge is -2.18. The summed E-state index contributed by atoms with van der Waals surface area (Å²) in [4.78, 5) is 0. The molecule has 0 fully saturated rings. The average Bonchev–Trinajstić information content (AvgIpc) is 2.74. The van der Waals surface area contributed by atoms with Crippen LogP contribution in [0.4, 0.5) is 0 Å². The fourth-order valence-electron chi connectivity index (χ4n) is 2.99. The maximum absolute atomic E-state index is 6.54. The Morgan fingerprint density at radius 2 is 1.52 bits per heavy atom. The molecule has 152 valence electrons. The maximum atomic E-state index is 6.54. The van der Waals surface area contributed by atoms with Crippen LogP contribution in [0.5, 0.6) is 11.5 Å². The molecule has 0 saturated carbocycles. The lowest BCUT2D eigenvalue weighted by atomic mass is 10.1. The van der Waals surface area contributed by atoms with Crippen LogP contribution < -0.4 is 14.8 Å². The van der Waals surface area contributed by atoms with Crippen molar-refractivity contribution in [3.8, 4) is 11.5 Å². The summed E-state index contributed by atoms with van der Waals surface area (Å²) >= 11 is 12.8. The first kappa shape index (κ1) is 21.5. The van der Waals surface area contributed by atoms with E-state index in [0.29, 0.717) is 41.3 Å². The first-order chi connectivity index (χ1) is 14.1. The molecule has 0 bridgehead atoms. The standard InChI is InChI=1S/C24H25Cl2NO2/c1-3-28-23-13-20(15-27-17(2)18-9-5-4-6-10-18)22(26)14-24(23)29-16-19-11-7-8-12-21(19)25/h4-14,17,27H,3,15-16H2,1-2H3. The van der Waals surface area contributed by atoms with Crippen LogP contribution in [0.1, 0.15) is 36.6 Å². The second kappa shape index (κ2) is 10.5. The molecule has 0 radical (unpaired) electrons. The molecule has 1 atom stereocenters. The molecule has 3 rings (SSSR count). The lowest BCUT2D eigenvalue weighted by Crippen LogP contribution is -2.18. The van der Waals surface area contributed by atoms with Crippen LogP contribution in [0.25, 0.3) is 0 Å². The number of rotatable bonds is 9. The van der Waals surface area contributed by atoms with Crippen LogP contribution in [0.3, 0.4) is 0 Å². The second-order valence-electron chi connectivity index (χ2n) is 6.72. The predicted molar refractivity (Wildman–Crippen MR) is 120 cm³/mol. The zero-order valence-electron chi connectivity index (χ0n) is 16.6. The number of hydrogen-bond acceptors (Lipinski definition) is 3. The summed E-state index contributed by atoms with van der Waals surface area (Å²) in [6.07, 6.45) is 0. The van der Waals surface area contributed by atoms with Gasteiger partial charge in [0.05, 0.1) is 6.61 Å². The maximum Gasteiger partial charge on any atom is 0.163 e. The van der Waals surface area contributed by atoms with Crippen molar-refractivity contribution in [2.45, 2.75) is 33.0 Å². The van der Waals surface area contributed by atoms with E-state index in [0.717, 1.165) is 11.1 Å². The summed E-state index contributed by atoms with van der Waals surface area (Å²) in [7, 11) is 0. The normalized spacial score (nSPS) is 11.9. The molecule has 0 aliphatic rings. The van der Waals surface area contributed by atoms with Gasteiger partial charge in [-0.1, -0.05) is 71.7 Å². The molecule has 0 aromatic heterocycles. The molecule has 0 amide bonds. The monoisotopic (exact) mass is 429 g/mol. The summed E-state index contributed by atoms with van der Waals surface area (Å²) in [6, 6.07) is 21.9. The summed E-state index contributed by atoms with van der Waals surface area (Å²) in [5.74, 6) is 1.28.